The second kappa shape index (κ2) is 5.22. The van der Waals surface area contributed by atoms with Gasteiger partial charge in [0.2, 0.25) is 10.0 Å². The van der Waals surface area contributed by atoms with Crippen molar-refractivity contribution in [2.45, 2.75) is 13.8 Å². The zero-order valence-electron chi connectivity index (χ0n) is 10.2. The van der Waals surface area contributed by atoms with Gasteiger partial charge in [0.25, 0.3) is 0 Å². The standard InChI is InChI=1S/C10H12N2O6S/c1-3-19(17,18)12-7-4-6(9(13)14)8(10(15)16)11-5(7)2/h4,12H,3H2,1-2H3,(H,13,14)(H,15,16). The molecular weight excluding hydrogens is 276 g/mol. The van der Waals surface area contributed by atoms with Gasteiger partial charge in [0, 0.05) is 0 Å². The van der Waals surface area contributed by atoms with Crippen molar-refractivity contribution in [2.75, 3.05) is 10.5 Å². The van der Waals surface area contributed by atoms with Crippen molar-refractivity contribution in [1.82, 2.24) is 4.98 Å². The summed E-state index contributed by atoms with van der Waals surface area (Å²) in [5, 5.41) is 17.7. The van der Waals surface area contributed by atoms with E-state index in [-0.39, 0.29) is 17.1 Å². The van der Waals surface area contributed by atoms with Crippen molar-refractivity contribution >= 4 is 27.6 Å². The van der Waals surface area contributed by atoms with Gasteiger partial charge in [0.05, 0.1) is 22.7 Å². The molecule has 19 heavy (non-hydrogen) atoms. The van der Waals surface area contributed by atoms with E-state index in [4.69, 9.17) is 10.2 Å². The van der Waals surface area contributed by atoms with Crippen molar-refractivity contribution in [3.63, 3.8) is 0 Å². The van der Waals surface area contributed by atoms with Gasteiger partial charge in [-0.25, -0.2) is 23.0 Å². The molecule has 0 atom stereocenters. The minimum Gasteiger partial charge on any atom is -0.478 e. The highest BCUT2D eigenvalue weighted by Crippen LogP contribution is 2.19. The lowest BCUT2D eigenvalue weighted by molar-refractivity contribution is 0.0646. The molecule has 1 aromatic rings. The molecule has 0 aliphatic carbocycles. The van der Waals surface area contributed by atoms with Gasteiger partial charge in [-0.15, -0.1) is 0 Å². The van der Waals surface area contributed by atoms with Crippen molar-refractivity contribution in [3.8, 4) is 0 Å². The van der Waals surface area contributed by atoms with Crippen LogP contribution in [0.15, 0.2) is 6.07 Å². The SMILES string of the molecule is CCS(=O)(=O)Nc1cc(C(=O)O)c(C(=O)O)nc1C. The first kappa shape index (κ1) is 14.9. The highest BCUT2D eigenvalue weighted by atomic mass is 32.2. The number of hydrogen-bond acceptors (Lipinski definition) is 5. The lowest BCUT2D eigenvalue weighted by atomic mass is 10.1. The van der Waals surface area contributed by atoms with Gasteiger partial charge < -0.3 is 10.2 Å². The summed E-state index contributed by atoms with van der Waals surface area (Å²) in [5.74, 6) is -3.19. The number of anilines is 1. The van der Waals surface area contributed by atoms with Crippen molar-refractivity contribution in [2.24, 2.45) is 0 Å². The Bertz CT molecular complexity index is 638. The van der Waals surface area contributed by atoms with Gasteiger partial charge in [0.1, 0.15) is 0 Å². The fourth-order valence-electron chi connectivity index (χ4n) is 1.27. The Kier molecular flexibility index (Phi) is 4.10. The van der Waals surface area contributed by atoms with E-state index in [0.717, 1.165) is 6.07 Å². The van der Waals surface area contributed by atoms with Crippen molar-refractivity contribution in [1.29, 1.82) is 0 Å². The lowest BCUT2D eigenvalue weighted by Gasteiger charge is -2.11. The first-order valence-corrected chi connectivity index (χ1v) is 6.82. The Morgan fingerprint density at radius 1 is 1.32 bits per heavy atom. The maximum atomic E-state index is 11.4. The Balaban J connectivity index is 3.41. The van der Waals surface area contributed by atoms with E-state index in [2.05, 4.69) is 9.71 Å². The number of carboxylic acid groups (broad SMARTS) is 2. The zero-order valence-corrected chi connectivity index (χ0v) is 11.0. The summed E-state index contributed by atoms with van der Waals surface area (Å²) < 4.78 is 25.0. The Morgan fingerprint density at radius 2 is 1.89 bits per heavy atom. The van der Waals surface area contributed by atoms with Crippen LogP contribution in [0.2, 0.25) is 0 Å². The van der Waals surface area contributed by atoms with Crippen LogP contribution in [-0.4, -0.2) is 41.3 Å². The summed E-state index contributed by atoms with van der Waals surface area (Å²) in [6, 6.07) is 0.946. The predicted molar refractivity (Wildman–Crippen MR) is 66.0 cm³/mol. The quantitative estimate of drug-likeness (QED) is 0.720. The third kappa shape index (κ3) is 3.41. The fraction of sp³-hybridized carbons (Fsp3) is 0.300. The molecule has 0 unspecified atom stereocenters. The first-order chi connectivity index (χ1) is 8.68. The van der Waals surface area contributed by atoms with Crippen LogP contribution in [0.3, 0.4) is 0 Å². The molecule has 0 aliphatic rings. The second-order valence-corrected chi connectivity index (χ2v) is 5.64. The molecule has 0 saturated heterocycles. The average Bonchev–Trinajstić information content (AvgIpc) is 2.30. The normalized spacial score (nSPS) is 11.1. The fourth-order valence-corrected chi connectivity index (χ4v) is 1.96. The highest BCUT2D eigenvalue weighted by Gasteiger charge is 2.21. The minimum absolute atomic E-state index is 0.0516. The van der Waals surface area contributed by atoms with E-state index in [1.807, 2.05) is 0 Å². The molecule has 1 aromatic heterocycles. The predicted octanol–water partition coefficient (Wildman–Crippen LogP) is 0.548. The number of carboxylic acids is 2. The smallest absolute Gasteiger partial charge is 0.355 e. The topological polar surface area (TPSA) is 134 Å². The molecule has 0 amide bonds. The zero-order chi connectivity index (χ0) is 14.8. The molecule has 9 heteroatoms. The number of rotatable bonds is 5. The molecule has 0 bridgehead atoms. The summed E-state index contributed by atoms with van der Waals surface area (Å²) >= 11 is 0. The van der Waals surface area contributed by atoms with Crippen LogP contribution in [-0.2, 0) is 10.0 Å². The first-order valence-electron chi connectivity index (χ1n) is 5.16. The Labute approximate surface area is 109 Å². The van der Waals surface area contributed by atoms with E-state index in [1.165, 1.54) is 13.8 Å². The maximum Gasteiger partial charge on any atom is 0.355 e. The number of carbonyl (C=O) groups is 2. The summed E-state index contributed by atoms with van der Waals surface area (Å²) in [4.78, 5) is 25.4. The summed E-state index contributed by atoms with van der Waals surface area (Å²) in [7, 11) is -3.60. The van der Waals surface area contributed by atoms with Gasteiger partial charge in [-0.2, -0.15) is 0 Å². The molecule has 0 radical (unpaired) electrons. The maximum absolute atomic E-state index is 11.4. The third-order valence-electron chi connectivity index (χ3n) is 2.29. The van der Waals surface area contributed by atoms with E-state index in [0.29, 0.717) is 0 Å². The number of pyridine rings is 1. The van der Waals surface area contributed by atoms with Crippen LogP contribution in [0, 0.1) is 6.92 Å². The Morgan fingerprint density at radius 3 is 2.32 bits per heavy atom. The molecule has 1 heterocycles. The number of aromatic carboxylic acids is 2. The highest BCUT2D eigenvalue weighted by molar-refractivity contribution is 7.92. The summed E-state index contributed by atoms with van der Waals surface area (Å²) in [6.07, 6.45) is 0. The van der Waals surface area contributed by atoms with Crippen LogP contribution < -0.4 is 4.72 Å². The minimum atomic E-state index is -3.60. The number of nitrogens with zero attached hydrogens (tertiary/aromatic N) is 1. The monoisotopic (exact) mass is 288 g/mol. The third-order valence-corrected chi connectivity index (χ3v) is 3.58. The molecule has 0 aromatic carbocycles. The second-order valence-electron chi connectivity index (χ2n) is 3.63. The average molecular weight is 288 g/mol. The molecular formula is C10H12N2O6S. The molecule has 8 nitrogen and oxygen atoms in total. The Hall–Kier alpha value is -2.16. The van der Waals surface area contributed by atoms with Gasteiger partial charge in [-0.05, 0) is 19.9 Å². The molecule has 3 N–H and O–H groups in total. The van der Waals surface area contributed by atoms with Gasteiger partial charge in [-0.3, -0.25) is 4.72 Å². The van der Waals surface area contributed by atoms with Crippen LogP contribution in [0.5, 0.6) is 0 Å². The molecule has 0 saturated carbocycles. The number of aromatic nitrogens is 1. The molecule has 104 valence electrons. The largest absolute Gasteiger partial charge is 0.478 e. The van der Waals surface area contributed by atoms with E-state index >= 15 is 0 Å². The van der Waals surface area contributed by atoms with Crippen LogP contribution in [0.4, 0.5) is 5.69 Å². The number of nitrogens with one attached hydrogen (secondary N) is 1. The van der Waals surface area contributed by atoms with E-state index in [1.54, 1.807) is 0 Å². The number of sulfonamides is 1. The van der Waals surface area contributed by atoms with E-state index in [9.17, 15) is 18.0 Å². The van der Waals surface area contributed by atoms with Crippen molar-refractivity contribution < 1.29 is 28.2 Å². The van der Waals surface area contributed by atoms with Gasteiger partial charge >= 0.3 is 11.9 Å². The van der Waals surface area contributed by atoms with Crippen LogP contribution in [0.25, 0.3) is 0 Å². The lowest BCUT2D eigenvalue weighted by Crippen LogP contribution is -2.18. The van der Waals surface area contributed by atoms with Gasteiger partial charge in [-0.1, -0.05) is 0 Å². The van der Waals surface area contributed by atoms with Gasteiger partial charge in [0.15, 0.2) is 5.69 Å². The molecule has 0 spiro atoms. The molecule has 0 aliphatic heterocycles. The number of hydrogen-bond donors (Lipinski definition) is 3. The summed E-state index contributed by atoms with van der Waals surface area (Å²) in [5.41, 5.74) is -1.18. The summed E-state index contributed by atoms with van der Waals surface area (Å²) in [6.45, 7) is 2.79. The van der Waals surface area contributed by atoms with Crippen molar-refractivity contribution in [3.05, 3.63) is 23.0 Å². The molecule has 1 rings (SSSR count). The van der Waals surface area contributed by atoms with Crippen LogP contribution in [0.1, 0.15) is 33.5 Å². The molecule has 0 fully saturated rings. The van der Waals surface area contributed by atoms with E-state index < -0.39 is 33.2 Å². The van der Waals surface area contributed by atoms with Crippen LogP contribution >= 0.6 is 0 Å². The number of aryl methyl sites for hydroxylation is 1.